The highest BCUT2D eigenvalue weighted by Gasteiger charge is 2.21. The van der Waals surface area contributed by atoms with Gasteiger partial charge in [0, 0.05) is 18.6 Å². The molecule has 0 radical (unpaired) electrons. The number of likely N-dealkylation sites (tertiary alicyclic amines) is 1. The van der Waals surface area contributed by atoms with Gasteiger partial charge in [-0.05, 0) is 47.0 Å². The lowest BCUT2D eigenvalue weighted by molar-refractivity contribution is -0.131. The maximum atomic E-state index is 11.9. The number of hydrogen-bond donors (Lipinski definition) is 2. The summed E-state index contributed by atoms with van der Waals surface area (Å²) in [6.07, 6.45) is 3.39. The van der Waals surface area contributed by atoms with Gasteiger partial charge in [-0.3, -0.25) is 14.9 Å². The van der Waals surface area contributed by atoms with Crippen LogP contribution in [-0.4, -0.2) is 47.9 Å². The number of carbonyl (C=O) groups excluding carboxylic acids is 2. The molecule has 1 rings (SSSR count). The van der Waals surface area contributed by atoms with Gasteiger partial charge in [-0.25, -0.2) is 0 Å². The van der Waals surface area contributed by atoms with Gasteiger partial charge < -0.3 is 10.2 Å². The van der Waals surface area contributed by atoms with Crippen molar-refractivity contribution >= 4 is 11.8 Å². The molecule has 0 bridgehead atoms. The molecule has 0 saturated carbocycles. The van der Waals surface area contributed by atoms with Crippen molar-refractivity contribution in [2.24, 2.45) is 0 Å². The third-order valence-electron chi connectivity index (χ3n) is 3.16. The number of nitrogens with one attached hydrogen (secondary N) is 2. The lowest BCUT2D eigenvalue weighted by atomic mass is 10.1. The minimum absolute atomic E-state index is 0.0704. The zero-order valence-electron chi connectivity index (χ0n) is 12.6. The van der Waals surface area contributed by atoms with Crippen LogP contribution in [0.5, 0.6) is 0 Å². The number of nitrogens with zero attached hydrogens (tertiary/aromatic N) is 1. The van der Waals surface area contributed by atoms with E-state index in [1.807, 2.05) is 25.7 Å². The monoisotopic (exact) mass is 269 g/mol. The van der Waals surface area contributed by atoms with E-state index in [9.17, 15) is 9.59 Å². The molecular weight excluding hydrogens is 242 g/mol. The number of rotatable bonds is 4. The Balaban J connectivity index is 2.30. The van der Waals surface area contributed by atoms with Crippen LogP contribution in [0, 0.1) is 0 Å². The molecule has 2 N–H and O–H groups in total. The van der Waals surface area contributed by atoms with E-state index >= 15 is 0 Å². The minimum Gasteiger partial charge on any atom is -0.350 e. The van der Waals surface area contributed by atoms with Crippen LogP contribution in [0.15, 0.2) is 0 Å². The first-order valence-corrected chi connectivity index (χ1v) is 7.13. The van der Waals surface area contributed by atoms with Crippen LogP contribution in [0.25, 0.3) is 0 Å². The van der Waals surface area contributed by atoms with E-state index < -0.39 is 0 Å². The van der Waals surface area contributed by atoms with Crippen molar-refractivity contribution in [3.05, 3.63) is 0 Å². The zero-order chi connectivity index (χ0) is 14.5. The van der Waals surface area contributed by atoms with E-state index in [-0.39, 0.29) is 29.9 Å². The van der Waals surface area contributed by atoms with Crippen LogP contribution in [-0.2, 0) is 9.59 Å². The molecule has 110 valence electrons. The fourth-order valence-corrected chi connectivity index (χ4v) is 2.07. The first-order valence-electron chi connectivity index (χ1n) is 7.13. The minimum atomic E-state index is -0.354. The Morgan fingerprint density at radius 1 is 1.16 bits per heavy atom. The third kappa shape index (κ3) is 6.05. The molecule has 5 heteroatoms. The third-order valence-corrected chi connectivity index (χ3v) is 3.16. The normalized spacial score (nSPS) is 18.0. The van der Waals surface area contributed by atoms with Crippen molar-refractivity contribution in [1.29, 1.82) is 0 Å². The highest BCUT2D eigenvalue weighted by atomic mass is 16.2. The summed E-state index contributed by atoms with van der Waals surface area (Å²) in [5.74, 6) is 0.0223. The Morgan fingerprint density at radius 2 is 1.74 bits per heavy atom. The Bertz CT molecular complexity index is 317. The Morgan fingerprint density at radius 3 is 2.26 bits per heavy atom. The van der Waals surface area contributed by atoms with Gasteiger partial charge in [0.2, 0.25) is 11.8 Å². The topological polar surface area (TPSA) is 61.4 Å². The quantitative estimate of drug-likeness (QED) is 0.797. The van der Waals surface area contributed by atoms with Crippen molar-refractivity contribution < 1.29 is 9.59 Å². The molecule has 19 heavy (non-hydrogen) atoms. The van der Waals surface area contributed by atoms with Gasteiger partial charge in [0.15, 0.2) is 0 Å². The Labute approximate surface area is 116 Å². The number of piperidine rings is 1. The van der Waals surface area contributed by atoms with Gasteiger partial charge in [-0.1, -0.05) is 0 Å². The average molecular weight is 269 g/mol. The molecule has 1 aliphatic rings. The largest absolute Gasteiger partial charge is 0.350 e. The SMILES string of the molecule is CC(NCC(=O)N1CCCCC1)C(=O)NC(C)(C)C. The molecule has 1 fully saturated rings. The lowest BCUT2D eigenvalue weighted by Crippen LogP contribution is -2.51. The summed E-state index contributed by atoms with van der Waals surface area (Å²) < 4.78 is 0. The van der Waals surface area contributed by atoms with Crippen molar-refractivity contribution in [3.8, 4) is 0 Å². The van der Waals surface area contributed by atoms with Crippen molar-refractivity contribution in [3.63, 3.8) is 0 Å². The number of carbonyl (C=O) groups is 2. The second-order valence-electron chi connectivity index (χ2n) is 6.28. The average Bonchev–Trinajstić information content (AvgIpc) is 2.34. The molecule has 0 aromatic rings. The van der Waals surface area contributed by atoms with E-state index in [0.717, 1.165) is 25.9 Å². The Hall–Kier alpha value is -1.10. The first-order chi connectivity index (χ1) is 8.79. The molecule has 1 unspecified atom stereocenters. The summed E-state index contributed by atoms with van der Waals surface area (Å²) >= 11 is 0. The first kappa shape index (κ1) is 16.0. The van der Waals surface area contributed by atoms with Crippen LogP contribution in [0.4, 0.5) is 0 Å². The molecule has 0 aromatic carbocycles. The highest BCUT2D eigenvalue weighted by Crippen LogP contribution is 2.08. The van der Waals surface area contributed by atoms with Crippen LogP contribution in [0.3, 0.4) is 0 Å². The van der Waals surface area contributed by atoms with Crippen molar-refractivity contribution in [1.82, 2.24) is 15.5 Å². The van der Waals surface area contributed by atoms with Crippen LogP contribution >= 0.6 is 0 Å². The van der Waals surface area contributed by atoms with E-state index in [2.05, 4.69) is 10.6 Å². The Kier molecular flexibility index (Phi) is 5.79. The maximum Gasteiger partial charge on any atom is 0.237 e. The number of hydrogen-bond acceptors (Lipinski definition) is 3. The summed E-state index contributed by atoms with van der Waals surface area (Å²) in [5, 5.41) is 5.89. The van der Waals surface area contributed by atoms with Gasteiger partial charge in [-0.2, -0.15) is 0 Å². The molecular formula is C14H27N3O2. The van der Waals surface area contributed by atoms with Crippen LogP contribution in [0.1, 0.15) is 47.0 Å². The fourth-order valence-electron chi connectivity index (χ4n) is 2.07. The lowest BCUT2D eigenvalue weighted by Gasteiger charge is -2.28. The molecule has 2 amide bonds. The predicted octanol–water partition coefficient (Wildman–Crippen LogP) is 0.892. The summed E-state index contributed by atoms with van der Waals surface area (Å²) in [4.78, 5) is 25.7. The van der Waals surface area contributed by atoms with Gasteiger partial charge >= 0.3 is 0 Å². The van der Waals surface area contributed by atoms with Crippen LogP contribution in [0.2, 0.25) is 0 Å². The van der Waals surface area contributed by atoms with E-state index in [1.54, 1.807) is 6.92 Å². The second-order valence-corrected chi connectivity index (χ2v) is 6.28. The second kappa shape index (κ2) is 6.89. The molecule has 1 atom stereocenters. The fraction of sp³-hybridized carbons (Fsp3) is 0.857. The standard InChI is InChI=1S/C14H27N3O2/c1-11(13(19)16-14(2,3)4)15-10-12(18)17-8-6-5-7-9-17/h11,15H,5-10H2,1-4H3,(H,16,19). The summed E-state index contributed by atoms with van der Waals surface area (Å²) in [6, 6.07) is -0.354. The smallest absolute Gasteiger partial charge is 0.237 e. The molecule has 1 saturated heterocycles. The van der Waals surface area contributed by atoms with E-state index in [4.69, 9.17) is 0 Å². The number of amides is 2. The molecule has 0 spiro atoms. The van der Waals surface area contributed by atoms with Crippen molar-refractivity contribution in [2.45, 2.75) is 58.5 Å². The van der Waals surface area contributed by atoms with Gasteiger partial charge in [0.1, 0.15) is 0 Å². The maximum absolute atomic E-state index is 11.9. The molecule has 1 heterocycles. The van der Waals surface area contributed by atoms with E-state index in [0.29, 0.717) is 0 Å². The van der Waals surface area contributed by atoms with Gasteiger partial charge in [-0.15, -0.1) is 0 Å². The van der Waals surface area contributed by atoms with Gasteiger partial charge in [0.05, 0.1) is 12.6 Å². The van der Waals surface area contributed by atoms with Crippen molar-refractivity contribution in [2.75, 3.05) is 19.6 Å². The molecule has 0 aromatic heterocycles. The predicted molar refractivity (Wildman–Crippen MR) is 75.8 cm³/mol. The van der Waals surface area contributed by atoms with Gasteiger partial charge in [0.25, 0.3) is 0 Å². The molecule has 1 aliphatic heterocycles. The van der Waals surface area contributed by atoms with E-state index in [1.165, 1.54) is 6.42 Å². The highest BCUT2D eigenvalue weighted by molar-refractivity contribution is 5.83. The molecule has 0 aliphatic carbocycles. The van der Waals surface area contributed by atoms with Crippen LogP contribution < -0.4 is 10.6 Å². The zero-order valence-corrected chi connectivity index (χ0v) is 12.6. The summed E-state index contributed by atoms with van der Waals surface area (Å²) in [7, 11) is 0. The summed E-state index contributed by atoms with van der Waals surface area (Å²) in [6.45, 7) is 9.54. The summed E-state index contributed by atoms with van der Waals surface area (Å²) in [5.41, 5.74) is -0.246. The molecule has 5 nitrogen and oxygen atoms in total.